The van der Waals surface area contributed by atoms with Gasteiger partial charge in [-0.2, -0.15) is 0 Å². The van der Waals surface area contributed by atoms with Gasteiger partial charge in [-0.25, -0.2) is 0 Å². The molecule has 4 aliphatic rings. The highest BCUT2D eigenvalue weighted by molar-refractivity contribution is 5.75. The maximum Gasteiger partial charge on any atom is 0.309 e. The summed E-state index contributed by atoms with van der Waals surface area (Å²) in [5, 5.41) is 18.9. The van der Waals surface area contributed by atoms with Crippen LogP contribution in [0.15, 0.2) is 24.0 Å². The largest absolute Gasteiger partial charge is 0.515 e. The van der Waals surface area contributed by atoms with E-state index in [9.17, 15) is 15.0 Å². The van der Waals surface area contributed by atoms with Crippen LogP contribution in [0.1, 0.15) is 33.1 Å². The number of aliphatic hydroxyl groups excluding tert-OH is 1. The summed E-state index contributed by atoms with van der Waals surface area (Å²) in [4.78, 5) is 11.5. The van der Waals surface area contributed by atoms with Gasteiger partial charge >= 0.3 is 5.97 Å². The number of fused-ring (bicyclic) bond motifs is 2. The predicted octanol–water partition coefficient (Wildman–Crippen LogP) is 2.66. The molecule has 1 saturated heterocycles. The molecule has 0 amide bonds. The van der Waals surface area contributed by atoms with E-state index in [-0.39, 0.29) is 17.1 Å². The molecule has 0 bridgehead atoms. The van der Waals surface area contributed by atoms with Gasteiger partial charge in [0.25, 0.3) is 0 Å². The number of hydrogen-bond donors (Lipinski definition) is 2. The molecular formula is C16H20O4. The van der Waals surface area contributed by atoms with Crippen molar-refractivity contribution in [3.63, 3.8) is 0 Å². The molecule has 0 radical (unpaired) electrons. The molecule has 3 saturated carbocycles. The minimum Gasteiger partial charge on any atom is -0.515 e. The SMILES string of the molecule is C=C1/C(=C\O)[C@H]2O[C@]23C[C@H]2C[C@](C)(C(=O)O)C[C@H]2[C@]13C. The molecule has 4 nitrogen and oxygen atoms in total. The van der Waals surface area contributed by atoms with E-state index in [4.69, 9.17) is 4.74 Å². The molecule has 0 aromatic rings. The Balaban J connectivity index is 1.77. The number of aliphatic hydroxyl groups is 1. The zero-order valence-corrected chi connectivity index (χ0v) is 11.8. The van der Waals surface area contributed by atoms with Crippen molar-refractivity contribution < 1.29 is 19.7 Å². The minimum absolute atomic E-state index is 0.0216. The molecule has 0 aromatic carbocycles. The average Bonchev–Trinajstić information content (AvgIpc) is 2.85. The summed E-state index contributed by atoms with van der Waals surface area (Å²) < 4.78 is 5.97. The zero-order valence-electron chi connectivity index (χ0n) is 11.8. The highest BCUT2D eigenvalue weighted by Crippen LogP contribution is 2.78. The molecular weight excluding hydrogens is 256 g/mol. The second kappa shape index (κ2) is 3.14. The third-order valence-corrected chi connectivity index (χ3v) is 6.75. The van der Waals surface area contributed by atoms with Gasteiger partial charge in [0.1, 0.15) is 11.7 Å². The lowest BCUT2D eigenvalue weighted by Crippen LogP contribution is -2.36. The number of carbonyl (C=O) groups is 1. The van der Waals surface area contributed by atoms with Crippen LogP contribution in [0, 0.1) is 22.7 Å². The molecule has 2 N–H and O–H groups in total. The summed E-state index contributed by atoms with van der Waals surface area (Å²) in [6.07, 6.45) is 3.42. The first-order chi connectivity index (χ1) is 9.30. The van der Waals surface area contributed by atoms with Gasteiger partial charge in [-0.15, -0.1) is 0 Å². The second-order valence-electron chi connectivity index (χ2n) is 7.50. The van der Waals surface area contributed by atoms with Gasteiger partial charge in [0.2, 0.25) is 0 Å². The summed E-state index contributed by atoms with van der Waals surface area (Å²) in [7, 11) is 0. The Morgan fingerprint density at radius 1 is 1.40 bits per heavy atom. The maximum absolute atomic E-state index is 11.5. The summed E-state index contributed by atoms with van der Waals surface area (Å²) in [6.45, 7) is 8.21. The molecule has 3 aliphatic carbocycles. The highest BCUT2D eigenvalue weighted by atomic mass is 16.6. The van der Waals surface area contributed by atoms with Gasteiger partial charge in [-0.3, -0.25) is 4.79 Å². The standard InChI is InChI=1S/C16H20O4/c1-8-10(7-17)12-16(20-12)5-9-4-14(2,13(18)19)6-11(9)15(8,16)3/h7,9,11-12,17H,1,4-6H2,2-3H3,(H,18,19)/b10-7+/t9-,11-,12-,14+,15+,16-/m1/s1. The van der Waals surface area contributed by atoms with Crippen molar-refractivity contribution in [2.24, 2.45) is 22.7 Å². The number of carboxylic acid groups (broad SMARTS) is 1. The third-order valence-electron chi connectivity index (χ3n) is 6.75. The highest BCUT2D eigenvalue weighted by Gasteiger charge is 2.82. The topological polar surface area (TPSA) is 70.1 Å². The number of ether oxygens (including phenoxy) is 1. The van der Waals surface area contributed by atoms with Crippen molar-refractivity contribution in [2.75, 3.05) is 0 Å². The molecule has 4 heteroatoms. The summed E-state index contributed by atoms with van der Waals surface area (Å²) in [6, 6.07) is 0. The fourth-order valence-electron chi connectivity index (χ4n) is 5.56. The van der Waals surface area contributed by atoms with Crippen LogP contribution in [0.2, 0.25) is 0 Å². The average molecular weight is 276 g/mol. The fourth-order valence-corrected chi connectivity index (χ4v) is 5.56. The van der Waals surface area contributed by atoms with Crippen LogP contribution in [0.25, 0.3) is 0 Å². The van der Waals surface area contributed by atoms with Gasteiger partial charge in [0, 0.05) is 11.0 Å². The van der Waals surface area contributed by atoms with E-state index >= 15 is 0 Å². The van der Waals surface area contributed by atoms with E-state index in [1.54, 1.807) is 0 Å². The fraction of sp³-hybridized carbons (Fsp3) is 0.688. The molecule has 4 rings (SSSR count). The van der Waals surface area contributed by atoms with Gasteiger partial charge in [-0.05, 0) is 43.6 Å². The van der Waals surface area contributed by atoms with E-state index < -0.39 is 11.4 Å². The Morgan fingerprint density at radius 3 is 2.70 bits per heavy atom. The smallest absolute Gasteiger partial charge is 0.309 e. The number of hydrogen-bond acceptors (Lipinski definition) is 3. The van der Waals surface area contributed by atoms with E-state index in [0.717, 1.165) is 30.2 Å². The second-order valence-corrected chi connectivity index (χ2v) is 7.50. The predicted molar refractivity (Wildman–Crippen MR) is 72.1 cm³/mol. The Labute approximate surface area is 118 Å². The first kappa shape index (κ1) is 12.5. The van der Waals surface area contributed by atoms with E-state index in [2.05, 4.69) is 13.5 Å². The molecule has 1 spiro atoms. The van der Waals surface area contributed by atoms with Crippen LogP contribution < -0.4 is 0 Å². The lowest BCUT2D eigenvalue weighted by molar-refractivity contribution is -0.148. The van der Waals surface area contributed by atoms with Crippen molar-refractivity contribution >= 4 is 5.97 Å². The maximum atomic E-state index is 11.5. The van der Waals surface area contributed by atoms with Crippen LogP contribution in [-0.4, -0.2) is 27.9 Å². The van der Waals surface area contributed by atoms with Crippen molar-refractivity contribution in [1.82, 2.24) is 0 Å². The molecule has 108 valence electrons. The number of rotatable bonds is 1. The minimum atomic E-state index is -0.695. The number of carboxylic acids is 1. The summed E-state index contributed by atoms with van der Waals surface area (Å²) in [5.74, 6) is -0.0130. The van der Waals surface area contributed by atoms with E-state index in [1.807, 2.05) is 6.92 Å². The molecule has 0 aromatic heterocycles. The molecule has 1 aliphatic heterocycles. The van der Waals surface area contributed by atoms with Crippen molar-refractivity contribution in [3.05, 3.63) is 24.0 Å². The van der Waals surface area contributed by atoms with Crippen molar-refractivity contribution in [3.8, 4) is 0 Å². The monoisotopic (exact) mass is 276 g/mol. The van der Waals surface area contributed by atoms with Gasteiger partial charge in [0.05, 0.1) is 11.7 Å². The van der Waals surface area contributed by atoms with E-state index in [0.29, 0.717) is 18.3 Å². The number of aliphatic carboxylic acids is 1. The van der Waals surface area contributed by atoms with E-state index in [1.165, 1.54) is 0 Å². The summed E-state index contributed by atoms with van der Waals surface area (Å²) >= 11 is 0. The quantitative estimate of drug-likeness (QED) is 0.570. The molecule has 6 atom stereocenters. The van der Waals surface area contributed by atoms with Crippen LogP contribution in [-0.2, 0) is 9.53 Å². The van der Waals surface area contributed by atoms with Crippen LogP contribution >= 0.6 is 0 Å². The lowest BCUT2D eigenvalue weighted by Gasteiger charge is -2.35. The Morgan fingerprint density at radius 2 is 2.10 bits per heavy atom. The molecule has 4 fully saturated rings. The Bertz CT molecular complexity index is 579. The third kappa shape index (κ3) is 1.02. The van der Waals surface area contributed by atoms with Crippen LogP contribution in [0.3, 0.4) is 0 Å². The van der Waals surface area contributed by atoms with Crippen LogP contribution in [0.5, 0.6) is 0 Å². The lowest BCUT2D eigenvalue weighted by atomic mass is 9.69. The van der Waals surface area contributed by atoms with Crippen LogP contribution in [0.4, 0.5) is 0 Å². The molecule has 1 heterocycles. The van der Waals surface area contributed by atoms with Gasteiger partial charge in [-0.1, -0.05) is 13.5 Å². The van der Waals surface area contributed by atoms with Crippen molar-refractivity contribution in [1.29, 1.82) is 0 Å². The Hall–Kier alpha value is -1.29. The van der Waals surface area contributed by atoms with Crippen molar-refractivity contribution in [2.45, 2.75) is 44.8 Å². The van der Waals surface area contributed by atoms with Gasteiger partial charge in [0.15, 0.2) is 0 Å². The first-order valence-electron chi connectivity index (χ1n) is 7.25. The first-order valence-corrected chi connectivity index (χ1v) is 7.25. The Kier molecular flexibility index (Phi) is 1.95. The van der Waals surface area contributed by atoms with Gasteiger partial charge < -0.3 is 14.9 Å². The zero-order chi connectivity index (χ0) is 14.5. The number of epoxide rings is 1. The molecule has 0 unspecified atom stereocenters. The molecule has 20 heavy (non-hydrogen) atoms. The normalized spacial score (nSPS) is 57.6. The summed E-state index contributed by atoms with van der Waals surface area (Å²) in [5.41, 5.74) is 0.710.